The van der Waals surface area contributed by atoms with Gasteiger partial charge in [0.05, 0.1) is 5.60 Å². The fourth-order valence-electron chi connectivity index (χ4n) is 3.05. The zero-order chi connectivity index (χ0) is 11.4. The third-order valence-electron chi connectivity index (χ3n) is 4.67. The molecule has 2 unspecified atom stereocenters. The molecule has 0 amide bonds. The fraction of sp³-hybridized carbons (Fsp3) is 1.00. The molecule has 0 spiro atoms. The van der Waals surface area contributed by atoms with Gasteiger partial charge in [-0.05, 0) is 44.4 Å². The van der Waals surface area contributed by atoms with E-state index in [0.717, 1.165) is 18.5 Å². The maximum atomic E-state index is 5.65. The van der Waals surface area contributed by atoms with Crippen molar-refractivity contribution in [3.05, 3.63) is 0 Å². The Morgan fingerprint density at radius 3 is 2.56 bits per heavy atom. The normalized spacial score (nSPS) is 34.1. The summed E-state index contributed by atoms with van der Waals surface area (Å²) in [5.74, 6) is 0.937. The zero-order valence-electron chi connectivity index (χ0n) is 10.9. The first-order valence-electron chi connectivity index (χ1n) is 7.03. The van der Waals surface area contributed by atoms with Crippen LogP contribution in [-0.4, -0.2) is 25.3 Å². The summed E-state index contributed by atoms with van der Waals surface area (Å²) in [6.07, 6.45) is 10.8. The summed E-state index contributed by atoms with van der Waals surface area (Å²) in [5.41, 5.74) is 0.192. The predicted molar refractivity (Wildman–Crippen MR) is 67.6 cm³/mol. The van der Waals surface area contributed by atoms with E-state index in [2.05, 4.69) is 12.2 Å². The van der Waals surface area contributed by atoms with Gasteiger partial charge in [-0.3, -0.25) is 0 Å². The summed E-state index contributed by atoms with van der Waals surface area (Å²) in [6, 6.07) is 0.748. The van der Waals surface area contributed by atoms with Gasteiger partial charge in [-0.25, -0.2) is 0 Å². The molecule has 0 aromatic heterocycles. The number of ether oxygens (including phenoxy) is 1. The molecule has 2 aliphatic carbocycles. The van der Waals surface area contributed by atoms with Gasteiger partial charge < -0.3 is 10.1 Å². The van der Waals surface area contributed by atoms with Crippen molar-refractivity contribution in [3.8, 4) is 0 Å². The number of hydrogen-bond donors (Lipinski definition) is 1. The van der Waals surface area contributed by atoms with Gasteiger partial charge in [0.25, 0.3) is 0 Å². The first kappa shape index (κ1) is 12.4. The fourth-order valence-corrected chi connectivity index (χ4v) is 3.05. The molecule has 0 heterocycles. The molecule has 2 fully saturated rings. The third-order valence-corrected chi connectivity index (χ3v) is 4.67. The average molecular weight is 225 g/mol. The molecular weight excluding hydrogens is 198 g/mol. The molecule has 16 heavy (non-hydrogen) atoms. The molecule has 2 saturated carbocycles. The third kappa shape index (κ3) is 2.98. The highest BCUT2D eigenvalue weighted by molar-refractivity contribution is 4.92. The van der Waals surface area contributed by atoms with E-state index >= 15 is 0 Å². The van der Waals surface area contributed by atoms with Crippen LogP contribution in [0.2, 0.25) is 0 Å². The molecule has 2 aliphatic rings. The molecule has 94 valence electrons. The minimum Gasteiger partial charge on any atom is -0.377 e. The Bertz CT molecular complexity index is 207. The number of methoxy groups -OCH3 is 1. The van der Waals surface area contributed by atoms with Crippen LogP contribution in [0.25, 0.3) is 0 Å². The van der Waals surface area contributed by atoms with Crippen LogP contribution in [0.5, 0.6) is 0 Å². The molecule has 1 N–H and O–H groups in total. The van der Waals surface area contributed by atoms with E-state index in [1.807, 2.05) is 7.11 Å². The maximum Gasteiger partial charge on any atom is 0.0802 e. The Morgan fingerprint density at radius 2 is 1.94 bits per heavy atom. The highest BCUT2D eigenvalue weighted by atomic mass is 16.5. The zero-order valence-corrected chi connectivity index (χ0v) is 10.9. The largest absolute Gasteiger partial charge is 0.377 e. The van der Waals surface area contributed by atoms with E-state index in [0.29, 0.717) is 0 Å². The Labute approximate surface area is 100 Å². The van der Waals surface area contributed by atoms with Crippen molar-refractivity contribution in [2.75, 3.05) is 13.7 Å². The summed E-state index contributed by atoms with van der Waals surface area (Å²) in [5, 5.41) is 3.75. The van der Waals surface area contributed by atoms with Crippen molar-refractivity contribution in [1.29, 1.82) is 0 Å². The Balaban J connectivity index is 1.72. The lowest BCUT2D eigenvalue weighted by Gasteiger charge is -2.41. The van der Waals surface area contributed by atoms with Gasteiger partial charge in [-0.1, -0.05) is 19.8 Å². The first-order chi connectivity index (χ1) is 7.74. The van der Waals surface area contributed by atoms with E-state index in [1.54, 1.807) is 0 Å². The molecule has 2 atom stereocenters. The van der Waals surface area contributed by atoms with Crippen LogP contribution in [0.3, 0.4) is 0 Å². The SMILES string of the molecule is COC1(CNC2CCCC(C)CC2)CCC1. The van der Waals surface area contributed by atoms with Gasteiger partial charge in [0.15, 0.2) is 0 Å². The van der Waals surface area contributed by atoms with Crippen molar-refractivity contribution in [3.63, 3.8) is 0 Å². The second-order valence-electron chi connectivity index (χ2n) is 5.93. The summed E-state index contributed by atoms with van der Waals surface area (Å²) < 4.78 is 5.65. The first-order valence-corrected chi connectivity index (χ1v) is 7.03. The lowest BCUT2D eigenvalue weighted by atomic mass is 9.79. The van der Waals surface area contributed by atoms with Crippen LogP contribution in [-0.2, 0) is 4.74 Å². The lowest BCUT2D eigenvalue weighted by molar-refractivity contribution is -0.0710. The van der Waals surface area contributed by atoms with Gasteiger partial charge in [-0.2, -0.15) is 0 Å². The highest BCUT2D eigenvalue weighted by Gasteiger charge is 2.37. The van der Waals surface area contributed by atoms with Crippen LogP contribution in [0.4, 0.5) is 0 Å². The monoisotopic (exact) mass is 225 g/mol. The topological polar surface area (TPSA) is 21.3 Å². The van der Waals surface area contributed by atoms with Gasteiger partial charge in [-0.15, -0.1) is 0 Å². The maximum absolute atomic E-state index is 5.65. The second kappa shape index (κ2) is 5.50. The van der Waals surface area contributed by atoms with Gasteiger partial charge in [0.1, 0.15) is 0 Å². The quantitative estimate of drug-likeness (QED) is 0.742. The van der Waals surface area contributed by atoms with Crippen molar-refractivity contribution < 1.29 is 4.74 Å². The molecule has 0 aromatic carbocycles. The van der Waals surface area contributed by atoms with Crippen molar-refractivity contribution in [1.82, 2.24) is 5.32 Å². The van der Waals surface area contributed by atoms with Crippen LogP contribution < -0.4 is 5.32 Å². The van der Waals surface area contributed by atoms with Crippen molar-refractivity contribution in [2.45, 2.75) is 69.9 Å². The van der Waals surface area contributed by atoms with E-state index < -0.39 is 0 Å². The summed E-state index contributed by atoms with van der Waals surface area (Å²) in [7, 11) is 1.87. The molecule has 2 rings (SSSR count). The average Bonchev–Trinajstić information content (AvgIpc) is 2.43. The van der Waals surface area contributed by atoms with Crippen LogP contribution in [0, 0.1) is 5.92 Å². The van der Waals surface area contributed by atoms with Gasteiger partial charge in [0, 0.05) is 19.7 Å². The molecule has 0 aliphatic heterocycles. The molecule has 0 radical (unpaired) electrons. The molecular formula is C14H27NO. The van der Waals surface area contributed by atoms with Crippen molar-refractivity contribution >= 4 is 0 Å². The van der Waals surface area contributed by atoms with E-state index in [-0.39, 0.29) is 5.60 Å². The van der Waals surface area contributed by atoms with Crippen LogP contribution in [0.15, 0.2) is 0 Å². The van der Waals surface area contributed by atoms with E-state index in [1.165, 1.54) is 51.4 Å². The van der Waals surface area contributed by atoms with Gasteiger partial charge in [0.2, 0.25) is 0 Å². The van der Waals surface area contributed by atoms with E-state index in [4.69, 9.17) is 4.74 Å². The smallest absolute Gasteiger partial charge is 0.0802 e. The van der Waals surface area contributed by atoms with Crippen molar-refractivity contribution in [2.24, 2.45) is 5.92 Å². The highest BCUT2D eigenvalue weighted by Crippen LogP contribution is 2.34. The lowest BCUT2D eigenvalue weighted by Crippen LogP contribution is -2.50. The van der Waals surface area contributed by atoms with Gasteiger partial charge >= 0.3 is 0 Å². The number of rotatable bonds is 4. The molecule has 0 saturated heterocycles. The van der Waals surface area contributed by atoms with Crippen LogP contribution in [0.1, 0.15) is 58.3 Å². The molecule has 2 nitrogen and oxygen atoms in total. The summed E-state index contributed by atoms with van der Waals surface area (Å²) >= 11 is 0. The Kier molecular flexibility index (Phi) is 4.26. The standard InChI is InChI=1S/C14H27NO/c1-12-5-3-6-13(8-7-12)15-11-14(16-2)9-4-10-14/h12-13,15H,3-11H2,1-2H3. The minimum absolute atomic E-state index is 0.192. The number of hydrogen-bond acceptors (Lipinski definition) is 2. The predicted octanol–water partition coefficient (Wildman–Crippen LogP) is 3.11. The summed E-state index contributed by atoms with van der Waals surface area (Å²) in [4.78, 5) is 0. The number of nitrogens with one attached hydrogen (secondary N) is 1. The van der Waals surface area contributed by atoms with E-state index in [9.17, 15) is 0 Å². The summed E-state index contributed by atoms with van der Waals surface area (Å²) in [6.45, 7) is 3.47. The Hall–Kier alpha value is -0.0800. The molecule has 0 bridgehead atoms. The Morgan fingerprint density at radius 1 is 1.12 bits per heavy atom. The minimum atomic E-state index is 0.192. The van der Waals surface area contributed by atoms with Crippen LogP contribution >= 0.6 is 0 Å². The second-order valence-corrected chi connectivity index (χ2v) is 5.93. The molecule has 0 aromatic rings. The molecule has 2 heteroatoms.